The number of rotatable bonds is 8. The van der Waals surface area contributed by atoms with Crippen molar-refractivity contribution in [2.45, 2.75) is 37.9 Å². The number of furan rings is 2. The van der Waals surface area contributed by atoms with Gasteiger partial charge in [0.2, 0.25) is 10.0 Å². The summed E-state index contributed by atoms with van der Waals surface area (Å²) < 4.78 is 37.7. The Balaban J connectivity index is 1.81. The van der Waals surface area contributed by atoms with E-state index < -0.39 is 10.0 Å². The van der Waals surface area contributed by atoms with Crippen molar-refractivity contribution in [1.29, 1.82) is 0 Å². The molecule has 0 radical (unpaired) electrons. The van der Waals surface area contributed by atoms with Gasteiger partial charge in [-0.05, 0) is 62.4 Å². The standard InChI is InChI=1S/C20H22N2O5S/c1-15(2)21-28(24,25)19-9-7-16(8-10-19)20(23)22(13-17-5-3-11-26-17)14-18-6-4-12-27-18/h3-12,15,21H,13-14H2,1-2H3. The summed E-state index contributed by atoms with van der Waals surface area (Å²) in [6, 6.07) is 12.7. The van der Waals surface area contributed by atoms with Gasteiger partial charge in [0.15, 0.2) is 0 Å². The van der Waals surface area contributed by atoms with Crippen LogP contribution >= 0.6 is 0 Å². The van der Waals surface area contributed by atoms with E-state index in [2.05, 4.69) is 4.72 Å². The quantitative estimate of drug-likeness (QED) is 0.623. The first-order chi connectivity index (χ1) is 13.3. The van der Waals surface area contributed by atoms with Crippen molar-refractivity contribution in [1.82, 2.24) is 9.62 Å². The minimum absolute atomic E-state index is 0.112. The zero-order valence-electron chi connectivity index (χ0n) is 15.7. The summed E-state index contributed by atoms with van der Waals surface area (Å²) in [7, 11) is -3.61. The molecule has 2 aromatic heterocycles. The van der Waals surface area contributed by atoms with Gasteiger partial charge < -0.3 is 13.7 Å². The monoisotopic (exact) mass is 402 g/mol. The van der Waals surface area contributed by atoms with E-state index in [1.54, 1.807) is 55.5 Å². The van der Waals surface area contributed by atoms with E-state index in [0.717, 1.165) is 0 Å². The Morgan fingerprint density at radius 3 is 1.93 bits per heavy atom. The normalized spacial score (nSPS) is 11.7. The van der Waals surface area contributed by atoms with Crippen LogP contribution in [0.2, 0.25) is 0 Å². The van der Waals surface area contributed by atoms with Crippen LogP contribution < -0.4 is 4.72 Å². The molecule has 1 aromatic carbocycles. The predicted molar refractivity (Wildman–Crippen MR) is 103 cm³/mol. The fraction of sp³-hybridized carbons (Fsp3) is 0.250. The van der Waals surface area contributed by atoms with Gasteiger partial charge in [0.1, 0.15) is 11.5 Å². The third kappa shape index (κ3) is 4.90. The summed E-state index contributed by atoms with van der Waals surface area (Å²) in [6.45, 7) is 4.02. The summed E-state index contributed by atoms with van der Waals surface area (Å²) >= 11 is 0. The summed E-state index contributed by atoms with van der Waals surface area (Å²) in [5.74, 6) is 1.02. The highest BCUT2D eigenvalue weighted by Gasteiger charge is 2.21. The third-order valence-corrected chi connectivity index (χ3v) is 5.62. The molecule has 0 spiro atoms. The number of carbonyl (C=O) groups excluding carboxylic acids is 1. The lowest BCUT2D eigenvalue weighted by Gasteiger charge is -2.21. The van der Waals surface area contributed by atoms with Crippen molar-refractivity contribution in [2.75, 3.05) is 0 Å². The van der Waals surface area contributed by atoms with E-state index in [1.165, 1.54) is 24.3 Å². The predicted octanol–water partition coefficient (Wildman–Crippen LogP) is 3.40. The lowest BCUT2D eigenvalue weighted by Crippen LogP contribution is -2.31. The fourth-order valence-corrected chi connectivity index (χ4v) is 3.97. The van der Waals surface area contributed by atoms with Crippen LogP contribution in [0.25, 0.3) is 0 Å². The number of sulfonamides is 1. The summed E-state index contributed by atoms with van der Waals surface area (Å²) in [6.07, 6.45) is 3.10. The number of benzene rings is 1. The molecule has 0 aliphatic heterocycles. The van der Waals surface area contributed by atoms with Crippen LogP contribution in [-0.2, 0) is 23.1 Å². The highest BCUT2D eigenvalue weighted by atomic mass is 32.2. The first-order valence-electron chi connectivity index (χ1n) is 8.81. The number of amides is 1. The molecule has 3 rings (SSSR count). The maximum absolute atomic E-state index is 13.0. The van der Waals surface area contributed by atoms with Gasteiger partial charge in [-0.1, -0.05) is 0 Å². The molecule has 0 fully saturated rings. The van der Waals surface area contributed by atoms with Crippen LogP contribution in [-0.4, -0.2) is 25.3 Å². The van der Waals surface area contributed by atoms with Gasteiger partial charge in [0.05, 0.1) is 30.5 Å². The number of nitrogens with zero attached hydrogens (tertiary/aromatic N) is 1. The Bertz CT molecular complexity index is 955. The van der Waals surface area contributed by atoms with E-state index >= 15 is 0 Å². The average Bonchev–Trinajstić information content (AvgIpc) is 3.34. The topological polar surface area (TPSA) is 92.8 Å². The second kappa shape index (κ2) is 8.45. The molecule has 1 N–H and O–H groups in total. The van der Waals surface area contributed by atoms with Crippen LogP contribution in [0.5, 0.6) is 0 Å². The maximum Gasteiger partial charge on any atom is 0.254 e. The molecule has 1 amide bonds. The van der Waals surface area contributed by atoms with E-state index in [9.17, 15) is 13.2 Å². The lowest BCUT2D eigenvalue weighted by atomic mass is 10.2. The average molecular weight is 402 g/mol. The second-order valence-corrected chi connectivity index (χ2v) is 8.33. The van der Waals surface area contributed by atoms with E-state index in [1.807, 2.05) is 0 Å². The lowest BCUT2D eigenvalue weighted by molar-refractivity contribution is 0.0704. The Kier molecular flexibility index (Phi) is 6.01. The van der Waals surface area contributed by atoms with Gasteiger partial charge in [-0.2, -0.15) is 0 Å². The maximum atomic E-state index is 13.0. The van der Waals surface area contributed by atoms with Crippen LogP contribution in [0.15, 0.2) is 74.8 Å². The van der Waals surface area contributed by atoms with Crippen molar-refractivity contribution < 1.29 is 22.0 Å². The molecule has 8 heteroatoms. The van der Waals surface area contributed by atoms with Crippen molar-refractivity contribution in [3.05, 3.63) is 78.1 Å². The number of hydrogen-bond donors (Lipinski definition) is 1. The SMILES string of the molecule is CC(C)NS(=O)(=O)c1ccc(C(=O)N(Cc2ccco2)Cc2ccco2)cc1. The van der Waals surface area contributed by atoms with E-state index in [0.29, 0.717) is 17.1 Å². The summed E-state index contributed by atoms with van der Waals surface area (Å²) in [4.78, 5) is 14.7. The molecule has 7 nitrogen and oxygen atoms in total. The molecule has 148 valence electrons. The largest absolute Gasteiger partial charge is 0.467 e. The van der Waals surface area contributed by atoms with Crippen molar-refractivity contribution >= 4 is 15.9 Å². The summed E-state index contributed by atoms with van der Waals surface area (Å²) in [5.41, 5.74) is 0.376. The van der Waals surface area contributed by atoms with Gasteiger partial charge in [-0.25, -0.2) is 13.1 Å². The minimum Gasteiger partial charge on any atom is -0.467 e. The van der Waals surface area contributed by atoms with Crippen molar-refractivity contribution in [2.24, 2.45) is 0 Å². The molecule has 0 saturated heterocycles. The summed E-state index contributed by atoms with van der Waals surface area (Å²) in [5, 5.41) is 0. The Morgan fingerprint density at radius 1 is 0.964 bits per heavy atom. The number of hydrogen-bond acceptors (Lipinski definition) is 5. The molecule has 0 saturated carbocycles. The smallest absolute Gasteiger partial charge is 0.254 e. The van der Waals surface area contributed by atoms with Crippen LogP contribution in [0, 0.1) is 0 Å². The third-order valence-electron chi connectivity index (χ3n) is 3.94. The first-order valence-corrected chi connectivity index (χ1v) is 10.3. The molecule has 0 bridgehead atoms. The Labute approximate surface area is 164 Å². The van der Waals surface area contributed by atoms with Crippen LogP contribution in [0.1, 0.15) is 35.7 Å². The Morgan fingerprint density at radius 2 is 1.50 bits per heavy atom. The highest BCUT2D eigenvalue weighted by Crippen LogP contribution is 2.17. The van der Waals surface area contributed by atoms with Crippen molar-refractivity contribution in [3.8, 4) is 0 Å². The Hall–Kier alpha value is -2.84. The molecule has 0 aliphatic carbocycles. The number of nitrogens with one attached hydrogen (secondary N) is 1. The molecular formula is C20H22N2O5S. The van der Waals surface area contributed by atoms with Gasteiger partial charge in [0, 0.05) is 11.6 Å². The molecule has 2 heterocycles. The van der Waals surface area contributed by atoms with Gasteiger partial charge in [0.25, 0.3) is 5.91 Å². The molecule has 0 aliphatic rings. The zero-order chi connectivity index (χ0) is 20.1. The van der Waals surface area contributed by atoms with Crippen LogP contribution in [0.4, 0.5) is 0 Å². The minimum atomic E-state index is -3.61. The first kappa shape index (κ1) is 19.9. The molecule has 3 aromatic rings. The second-order valence-electron chi connectivity index (χ2n) is 6.62. The number of carbonyl (C=O) groups is 1. The van der Waals surface area contributed by atoms with Gasteiger partial charge in [-0.15, -0.1) is 0 Å². The van der Waals surface area contributed by atoms with Gasteiger partial charge >= 0.3 is 0 Å². The highest BCUT2D eigenvalue weighted by molar-refractivity contribution is 7.89. The molecule has 28 heavy (non-hydrogen) atoms. The van der Waals surface area contributed by atoms with E-state index in [4.69, 9.17) is 8.83 Å². The van der Waals surface area contributed by atoms with Crippen molar-refractivity contribution in [3.63, 3.8) is 0 Å². The zero-order valence-corrected chi connectivity index (χ0v) is 16.5. The van der Waals surface area contributed by atoms with Crippen LogP contribution in [0.3, 0.4) is 0 Å². The molecular weight excluding hydrogens is 380 g/mol. The van der Waals surface area contributed by atoms with Gasteiger partial charge in [-0.3, -0.25) is 4.79 Å². The molecule has 0 atom stereocenters. The molecule has 0 unspecified atom stereocenters. The fourth-order valence-electron chi connectivity index (χ4n) is 2.72. The van der Waals surface area contributed by atoms with E-state index in [-0.39, 0.29) is 29.9 Å².